The number of hydrogen-bond acceptors (Lipinski definition) is 2. The first-order valence-electron chi connectivity index (χ1n) is 6.45. The molecule has 1 aliphatic rings. The van der Waals surface area contributed by atoms with Crippen LogP contribution in [0.25, 0.3) is 0 Å². The van der Waals surface area contributed by atoms with Gasteiger partial charge >= 0.3 is 0 Å². The molecule has 1 aromatic rings. The summed E-state index contributed by atoms with van der Waals surface area (Å²) in [5.41, 5.74) is 7.24. The molecule has 0 bridgehead atoms. The summed E-state index contributed by atoms with van der Waals surface area (Å²) in [7, 11) is 0. The summed E-state index contributed by atoms with van der Waals surface area (Å²) in [5, 5.41) is 0.819. The molecule has 1 aromatic carbocycles. The maximum absolute atomic E-state index is 6.10. The Hall–Kier alpha value is -0.570. The minimum absolute atomic E-state index is 0.442. The van der Waals surface area contributed by atoms with Gasteiger partial charge < -0.3 is 5.73 Å². The van der Waals surface area contributed by atoms with Gasteiger partial charge in [-0.2, -0.15) is 0 Å². The van der Waals surface area contributed by atoms with E-state index >= 15 is 0 Å². The van der Waals surface area contributed by atoms with E-state index in [2.05, 4.69) is 24.0 Å². The third-order valence-electron chi connectivity index (χ3n) is 3.76. The molecule has 2 N–H and O–H groups in total. The van der Waals surface area contributed by atoms with E-state index in [0.717, 1.165) is 18.1 Å². The Bertz CT molecular complexity index is 355. The van der Waals surface area contributed by atoms with Crippen molar-refractivity contribution in [2.75, 3.05) is 19.6 Å². The number of piperidine rings is 1. The summed E-state index contributed by atoms with van der Waals surface area (Å²) in [6, 6.07) is 8.67. The highest BCUT2D eigenvalue weighted by molar-refractivity contribution is 6.30. The van der Waals surface area contributed by atoms with Crippen LogP contribution in [-0.2, 0) is 0 Å². The fraction of sp³-hybridized carbons (Fsp3) is 0.571. The summed E-state index contributed by atoms with van der Waals surface area (Å²) < 4.78 is 0. The standard InChI is InChI=1S/C14H21ClN2/c1-2-17-8-4-6-12(10-16)14(17)11-5-3-7-13(15)9-11/h3,5,7,9,12,14H,2,4,6,8,10,16H2,1H3. The number of likely N-dealkylation sites (tertiary alicyclic amines) is 1. The van der Waals surface area contributed by atoms with Crippen LogP contribution in [0.5, 0.6) is 0 Å². The molecule has 1 heterocycles. The van der Waals surface area contributed by atoms with Gasteiger partial charge in [0.25, 0.3) is 0 Å². The van der Waals surface area contributed by atoms with Crippen molar-refractivity contribution in [3.8, 4) is 0 Å². The van der Waals surface area contributed by atoms with Gasteiger partial charge in [0, 0.05) is 11.1 Å². The Morgan fingerprint density at radius 2 is 2.29 bits per heavy atom. The van der Waals surface area contributed by atoms with Crippen molar-refractivity contribution in [1.82, 2.24) is 4.90 Å². The summed E-state index contributed by atoms with van der Waals surface area (Å²) in [5.74, 6) is 0.558. The van der Waals surface area contributed by atoms with Crippen molar-refractivity contribution in [2.24, 2.45) is 11.7 Å². The lowest BCUT2D eigenvalue weighted by atomic mass is 9.84. The lowest BCUT2D eigenvalue weighted by molar-refractivity contribution is 0.102. The van der Waals surface area contributed by atoms with Crippen LogP contribution >= 0.6 is 11.6 Å². The van der Waals surface area contributed by atoms with Crippen LogP contribution in [0.2, 0.25) is 5.02 Å². The number of halogens is 1. The Kier molecular flexibility index (Phi) is 4.43. The smallest absolute Gasteiger partial charge is 0.0409 e. The highest BCUT2D eigenvalue weighted by atomic mass is 35.5. The zero-order valence-corrected chi connectivity index (χ0v) is 11.2. The molecule has 1 saturated heterocycles. The van der Waals surface area contributed by atoms with E-state index in [-0.39, 0.29) is 0 Å². The van der Waals surface area contributed by atoms with E-state index in [0.29, 0.717) is 12.0 Å². The van der Waals surface area contributed by atoms with Crippen molar-refractivity contribution in [3.63, 3.8) is 0 Å². The first-order chi connectivity index (χ1) is 8.26. The van der Waals surface area contributed by atoms with E-state index in [1.807, 2.05) is 12.1 Å². The van der Waals surface area contributed by atoms with Crippen LogP contribution in [0, 0.1) is 5.92 Å². The van der Waals surface area contributed by atoms with E-state index < -0.39 is 0 Å². The average Bonchev–Trinajstić information content (AvgIpc) is 2.37. The summed E-state index contributed by atoms with van der Waals surface area (Å²) in [4.78, 5) is 2.52. The lowest BCUT2D eigenvalue weighted by Crippen LogP contribution is -2.41. The van der Waals surface area contributed by atoms with Gasteiger partial charge in [0.05, 0.1) is 0 Å². The largest absolute Gasteiger partial charge is 0.330 e. The van der Waals surface area contributed by atoms with Crippen molar-refractivity contribution < 1.29 is 0 Å². The first kappa shape index (κ1) is 12.9. The zero-order valence-electron chi connectivity index (χ0n) is 10.4. The molecule has 2 rings (SSSR count). The number of hydrogen-bond donors (Lipinski definition) is 1. The Morgan fingerprint density at radius 3 is 2.94 bits per heavy atom. The van der Waals surface area contributed by atoms with Crippen molar-refractivity contribution >= 4 is 11.6 Å². The molecule has 94 valence electrons. The van der Waals surface area contributed by atoms with Crippen LogP contribution in [0.15, 0.2) is 24.3 Å². The molecule has 0 aromatic heterocycles. The fourth-order valence-electron chi connectivity index (χ4n) is 2.93. The first-order valence-corrected chi connectivity index (χ1v) is 6.83. The number of rotatable bonds is 3. The second kappa shape index (κ2) is 5.85. The topological polar surface area (TPSA) is 29.3 Å². The number of nitrogens with two attached hydrogens (primary N) is 1. The lowest BCUT2D eigenvalue weighted by Gasteiger charge is -2.41. The molecule has 2 nitrogen and oxygen atoms in total. The van der Waals surface area contributed by atoms with Gasteiger partial charge in [-0.25, -0.2) is 0 Å². The SMILES string of the molecule is CCN1CCCC(CN)C1c1cccc(Cl)c1. The molecule has 0 amide bonds. The van der Waals surface area contributed by atoms with Crippen molar-refractivity contribution in [3.05, 3.63) is 34.9 Å². The fourth-order valence-corrected chi connectivity index (χ4v) is 3.13. The van der Waals surface area contributed by atoms with Gasteiger partial charge in [-0.1, -0.05) is 30.7 Å². The van der Waals surface area contributed by atoms with E-state index in [1.165, 1.54) is 24.9 Å². The predicted molar refractivity (Wildman–Crippen MR) is 73.2 cm³/mol. The van der Waals surface area contributed by atoms with Gasteiger partial charge in [-0.15, -0.1) is 0 Å². The van der Waals surface area contributed by atoms with Gasteiger partial charge in [-0.05, 0) is 56.1 Å². The monoisotopic (exact) mass is 252 g/mol. The molecule has 1 fully saturated rings. The molecule has 0 saturated carbocycles. The molecule has 0 radical (unpaired) electrons. The van der Waals surface area contributed by atoms with E-state index in [4.69, 9.17) is 17.3 Å². The maximum atomic E-state index is 6.10. The van der Waals surface area contributed by atoms with Crippen LogP contribution in [0.3, 0.4) is 0 Å². The molecule has 0 aliphatic carbocycles. The van der Waals surface area contributed by atoms with Crippen LogP contribution in [-0.4, -0.2) is 24.5 Å². The summed E-state index contributed by atoms with van der Waals surface area (Å²) >= 11 is 6.10. The van der Waals surface area contributed by atoms with E-state index in [9.17, 15) is 0 Å². The predicted octanol–water partition coefficient (Wildman–Crippen LogP) is 3.07. The second-order valence-electron chi connectivity index (χ2n) is 4.77. The third kappa shape index (κ3) is 2.82. The summed E-state index contributed by atoms with van der Waals surface area (Å²) in [6.45, 7) is 5.22. The minimum Gasteiger partial charge on any atom is -0.330 e. The molecule has 0 spiro atoms. The van der Waals surface area contributed by atoms with Crippen LogP contribution in [0.4, 0.5) is 0 Å². The van der Waals surface area contributed by atoms with Crippen molar-refractivity contribution in [1.29, 1.82) is 0 Å². The van der Waals surface area contributed by atoms with Gasteiger partial charge in [0.1, 0.15) is 0 Å². The average molecular weight is 253 g/mol. The number of nitrogens with zero attached hydrogens (tertiary/aromatic N) is 1. The molecule has 2 unspecified atom stereocenters. The maximum Gasteiger partial charge on any atom is 0.0409 e. The Labute approximate surface area is 109 Å². The summed E-state index contributed by atoms with van der Waals surface area (Å²) in [6.07, 6.45) is 2.48. The highest BCUT2D eigenvalue weighted by Gasteiger charge is 2.30. The van der Waals surface area contributed by atoms with E-state index in [1.54, 1.807) is 0 Å². The number of benzene rings is 1. The molecule has 2 atom stereocenters. The molecular formula is C14H21ClN2. The zero-order chi connectivity index (χ0) is 12.3. The molecule has 1 aliphatic heterocycles. The quantitative estimate of drug-likeness (QED) is 0.896. The Morgan fingerprint density at radius 1 is 1.47 bits per heavy atom. The molecule has 3 heteroatoms. The van der Waals surface area contributed by atoms with Gasteiger partial charge in [0.2, 0.25) is 0 Å². The van der Waals surface area contributed by atoms with Crippen LogP contribution < -0.4 is 5.73 Å². The molecular weight excluding hydrogens is 232 g/mol. The third-order valence-corrected chi connectivity index (χ3v) is 3.99. The van der Waals surface area contributed by atoms with Crippen LogP contribution in [0.1, 0.15) is 31.4 Å². The highest BCUT2D eigenvalue weighted by Crippen LogP contribution is 2.35. The molecule has 17 heavy (non-hydrogen) atoms. The van der Waals surface area contributed by atoms with Crippen molar-refractivity contribution in [2.45, 2.75) is 25.8 Å². The van der Waals surface area contributed by atoms with Gasteiger partial charge in [0.15, 0.2) is 0 Å². The second-order valence-corrected chi connectivity index (χ2v) is 5.20. The minimum atomic E-state index is 0.442. The Balaban J connectivity index is 2.29. The van der Waals surface area contributed by atoms with Gasteiger partial charge in [-0.3, -0.25) is 4.90 Å². The normalized spacial score (nSPS) is 26.1.